The van der Waals surface area contributed by atoms with E-state index in [1.165, 1.54) is 38.5 Å². The number of hydrogen-bond donors (Lipinski definition) is 2. The Kier molecular flexibility index (Phi) is 5.96. The summed E-state index contributed by atoms with van der Waals surface area (Å²) >= 11 is 12.2. The molecule has 0 radical (unpaired) electrons. The quantitative estimate of drug-likeness (QED) is 0.813. The van der Waals surface area contributed by atoms with Gasteiger partial charge in [-0.25, -0.2) is 0 Å². The lowest BCUT2D eigenvalue weighted by molar-refractivity contribution is 0.402. The molecule has 1 aliphatic rings. The molecule has 0 aromatic heterocycles. The Morgan fingerprint density at radius 1 is 1.16 bits per heavy atom. The van der Waals surface area contributed by atoms with Gasteiger partial charge < -0.3 is 11.1 Å². The van der Waals surface area contributed by atoms with E-state index in [-0.39, 0.29) is 6.04 Å². The molecule has 0 amide bonds. The molecule has 0 saturated heterocycles. The summed E-state index contributed by atoms with van der Waals surface area (Å²) in [5.41, 5.74) is 6.97. The molecule has 1 saturated carbocycles. The summed E-state index contributed by atoms with van der Waals surface area (Å²) in [5.74, 6) is 0. The van der Waals surface area contributed by atoms with Crippen molar-refractivity contribution in [2.24, 2.45) is 5.73 Å². The average molecular weight is 301 g/mol. The lowest BCUT2D eigenvalue weighted by atomic mass is 10.0. The first kappa shape index (κ1) is 15.1. The molecule has 0 bridgehead atoms. The van der Waals surface area contributed by atoms with Gasteiger partial charge in [-0.05, 0) is 30.5 Å². The second-order valence-corrected chi connectivity index (χ2v) is 6.15. The fourth-order valence-corrected chi connectivity index (χ4v) is 3.34. The highest BCUT2D eigenvalue weighted by molar-refractivity contribution is 6.35. The van der Waals surface area contributed by atoms with Crippen LogP contribution in [0.5, 0.6) is 0 Å². The standard InChI is InChI=1S/C15H22Cl2N2/c16-11-7-8-13(14(17)9-11)15(10-18)19-12-5-3-1-2-4-6-12/h7-9,12,15,19H,1-6,10,18H2. The van der Waals surface area contributed by atoms with Crippen LogP contribution in [0.3, 0.4) is 0 Å². The monoisotopic (exact) mass is 300 g/mol. The summed E-state index contributed by atoms with van der Waals surface area (Å²) in [6.07, 6.45) is 7.80. The van der Waals surface area contributed by atoms with Gasteiger partial charge in [-0.15, -0.1) is 0 Å². The van der Waals surface area contributed by atoms with Crippen molar-refractivity contribution in [2.45, 2.75) is 50.6 Å². The number of rotatable bonds is 4. The Labute approximate surface area is 125 Å². The minimum atomic E-state index is 0.118. The van der Waals surface area contributed by atoms with Gasteiger partial charge in [0, 0.05) is 28.7 Å². The summed E-state index contributed by atoms with van der Waals surface area (Å²) in [4.78, 5) is 0. The Morgan fingerprint density at radius 3 is 2.42 bits per heavy atom. The average Bonchev–Trinajstić information content (AvgIpc) is 2.65. The molecule has 1 unspecified atom stereocenters. The Bertz CT molecular complexity index is 401. The van der Waals surface area contributed by atoms with Crippen molar-refractivity contribution in [1.29, 1.82) is 0 Å². The molecule has 3 N–H and O–H groups in total. The SMILES string of the molecule is NCC(NC1CCCCCC1)c1ccc(Cl)cc1Cl. The molecule has 1 aliphatic carbocycles. The van der Waals surface area contributed by atoms with Crippen LogP contribution in [-0.2, 0) is 0 Å². The summed E-state index contributed by atoms with van der Waals surface area (Å²) < 4.78 is 0. The maximum absolute atomic E-state index is 6.27. The number of nitrogens with two attached hydrogens (primary N) is 1. The second kappa shape index (κ2) is 7.49. The van der Waals surface area contributed by atoms with Gasteiger partial charge in [0.15, 0.2) is 0 Å². The second-order valence-electron chi connectivity index (χ2n) is 5.31. The van der Waals surface area contributed by atoms with E-state index in [2.05, 4.69) is 5.32 Å². The maximum atomic E-state index is 6.27. The lowest BCUT2D eigenvalue weighted by Crippen LogP contribution is -2.36. The van der Waals surface area contributed by atoms with Crippen molar-refractivity contribution in [3.63, 3.8) is 0 Å². The van der Waals surface area contributed by atoms with Crippen LogP contribution in [-0.4, -0.2) is 12.6 Å². The minimum absolute atomic E-state index is 0.118. The van der Waals surface area contributed by atoms with Crippen molar-refractivity contribution in [3.8, 4) is 0 Å². The Hall–Kier alpha value is -0.280. The zero-order valence-corrected chi connectivity index (χ0v) is 12.7. The molecule has 106 valence electrons. The summed E-state index contributed by atoms with van der Waals surface area (Å²) in [6, 6.07) is 6.32. The van der Waals surface area contributed by atoms with Crippen molar-refractivity contribution in [1.82, 2.24) is 5.32 Å². The normalized spacial score (nSPS) is 19.1. The zero-order chi connectivity index (χ0) is 13.7. The van der Waals surface area contributed by atoms with Crippen LogP contribution in [0, 0.1) is 0 Å². The molecular weight excluding hydrogens is 279 g/mol. The van der Waals surface area contributed by atoms with Crippen molar-refractivity contribution in [3.05, 3.63) is 33.8 Å². The topological polar surface area (TPSA) is 38.0 Å². The third-order valence-electron chi connectivity index (χ3n) is 3.87. The third-order valence-corrected chi connectivity index (χ3v) is 4.43. The van der Waals surface area contributed by atoms with Gasteiger partial charge in [-0.3, -0.25) is 0 Å². The Balaban J connectivity index is 2.06. The van der Waals surface area contributed by atoms with Crippen LogP contribution in [0.2, 0.25) is 10.0 Å². The Morgan fingerprint density at radius 2 is 1.84 bits per heavy atom. The van der Waals surface area contributed by atoms with E-state index >= 15 is 0 Å². The maximum Gasteiger partial charge on any atom is 0.0469 e. The van der Waals surface area contributed by atoms with E-state index in [0.29, 0.717) is 22.6 Å². The molecule has 1 fully saturated rings. The van der Waals surface area contributed by atoms with Crippen molar-refractivity contribution < 1.29 is 0 Å². The molecule has 1 aromatic carbocycles. The van der Waals surface area contributed by atoms with Crippen LogP contribution in [0.4, 0.5) is 0 Å². The molecule has 1 aromatic rings. The van der Waals surface area contributed by atoms with Gasteiger partial charge in [-0.1, -0.05) is 55.0 Å². The van der Waals surface area contributed by atoms with E-state index in [0.717, 1.165) is 5.56 Å². The van der Waals surface area contributed by atoms with Crippen LogP contribution in [0.15, 0.2) is 18.2 Å². The van der Waals surface area contributed by atoms with E-state index in [1.807, 2.05) is 12.1 Å². The first-order chi connectivity index (χ1) is 9.20. The lowest BCUT2D eigenvalue weighted by Gasteiger charge is -2.25. The molecule has 19 heavy (non-hydrogen) atoms. The summed E-state index contributed by atoms with van der Waals surface area (Å²) in [7, 11) is 0. The highest BCUT2D eigenvalue weighted by Crippen LogP contribution is 2.27. The molecule has 1 atom stereocenters. The van der Waals surface area contributed by atoms with Gasteiger partial charge in [-0.2, -0.15) is 0 Å². The fourth-order valence-electron chi connectivity index (χ4n) is 2.80. The van der Waals surface area contributed by atoms with Gasteiger partial charge in [0.25, 0.3) is 0 Å². The highest BCUT2D eigenvalue weighted by atomic mass is 35.5. The largest absolute Gasteiger partial charge is 0.329 e. The molecular formula is C15H22Cl2N2. The third kappa shape index (κ3) is 4.35. The van der Waals surface area contributed by atoms with Crippen LogP contribution >= 0.6 is 23.2 Å². The van der Waals surface area contributed by atoms with E-state index in [4.69, 9.17) is 28.9 Å². The van der Waals surface area contributed by atoms with Crippen molar-refractivity contribution >= 4 is 23.2 Å². The van der Waals surface area contributed by atoms with E-state index in [1.54, 1.807) is 6.07 Å². The van der Waals surface area contributed by atoms with E-state index < -0.39 is 0 Å². The van der Waals surface area contributed by atoms with Gasteiger partial charge in [0.2, 0.25) is 0 Å². The van der Waals surface area contributed by atoms with Crippen molar-refractivity contribution in [2.75, 3.05) is 6.54 Å². The first-order valence-corrected chi connectivity index (χ1v) is 7.87. The summed E-state index contributed by atoms with van der Waals surface area (Å²) in [6.45, 7) is 0.553. The van der Waals surface area contributed by atoms with Gasteiger partial charge in [0.1, 0.15) is 0 Å². The predicted octanol–water partition coefficient (Wildman–Crippen LogP) is 4.31. The molecule has 2 rings (SSSR count). The number of nitrogens with one attached hydrogen (secondary N) is 1. The number of halogens is 2. The smallest absolute Gasteiger partial charge is 0.0469 e. The van der Waals surface area contributed by atoms with Gasteiger partial charge >= 0.3 is 0 Å². The summed E-state index contributed by atoms with van der Waals surface area (Å²) in [5, 5.41) is 5.03. The first-order valence-electron chi connectivity index (χ1n) is 7.12. The molecule has 0 heterocycles. The fraction of sp³-hybridized carbons (Fsp3) is 0.600. The van der Waals surface area contributed by atoms with Crippen LogP contribution in [0.1, 0.15) is 50.1 Å². The number of hydrogen-bond acceptors (Lipinski definition) is 2. The molecule has 0 spiro atoms. The van der Waals surface area contributed by atoms with Gasteiger partial charge in [0.05, 0.1) is 0 Å². The number of benzene rings is 1. The zero-order valence-electron chi connectivity index (χ0n) is 11.2. The molecule has 0 aliphatic heterocycles. The molecule has 2 nitrogen and oxygen atoms in total. The van der Waals surface area contributed by atoms with Crippen LogP contribution < -0.4 is 11.1 Å². The van der Waals surface area contributed by atoms with E-state index in [9.17, 15) is 0 Å². The minimum Gasteiger partial charge on any atom is -0.329 e. The highest BCUT2D eigenvalue weighted by Gasteiger charge is 2.19. The van der Waals surface area contributed by atoms with Crippen LogP contribution in [0.25, 0.3) is 0 Å². The predicted molar refractivity (Wildman–Crippen MR) is 82.9 cm³/mol. The molecule has 4 heteroatoms.